The van der Waals surface area contributed by atoms with E-state index in [1.54, 1.807) is 24.3 Å². The lowest BCUT2D eigenvalue weighted by Gasteiger charge is -1.96. The summed E-state index contributed by atoms with van der Waals surface area (Å²) in [5.74, 6) is -0.0212. The number of nitrogens with one attached hydrogen (secondary N) is 1. The number of benzene rings is 2. The van der Waals surface area contributed by atoms with Crippen LogP contribution in [0.2, 0.25) is 0 Å². The van der Waals surface area contributed by atoms with Crippen molar-refractivity contribution in [2.45, 2.75) is 6.92 Å². The first-order valence-corrected chi connectivity index (χ1v) is 7.12. The Labute approximate surface area is 129 Å². The number of carbonyl (C=O) groups is 1. The molecule has 0 saturated carbocycles. The Balaban J connectivity index is 1.75. The first-order chi connectivity index (χ1) is 10.7. The number of hydrogen-bond acceptors (Lipinski definition) is 2. The fraction of sp³-hybridized carbons (Fsp3) is 0.0526. The van der Waals surface area contributed by atoms with Gasteiger partial charge in [-0.15, -0.1) is 0 Å². The highest BCUT2D eigenvalue weighted by Gasteiger charge is 2.03. The van der Waals surface area contributed by atoms with E-state index in [2.05, 4.69) is 29.3 Å². The predicted octanol–water partition coefficient (Wildman–Crippen LogP) is 4.28. The molecule has 0 aliphatic carbocycles. The summed E-state index contributed by atoms with van der Waals surface area (Å²) >= 11 is 0. The Hall–Kier alpha value is -2.94. The highest BCUT2D eigenvalue weighted by Crippen LogP contribution is 2.18. The molecule has 0 fully saturated rings. The third-order valence-electron chi connectivity index (χ3n) is 3.42. The maximum absolute atomic E-state index is 12.0. The lowest BCUT2D eigenvalue weighted by molar-refractivity contribution is 0.104. The molecule has 3 rings (SSSR count). The molecule has 0 aliphatic rings. The molecule has 22 heavy (non-hydrogen) atoms. The van der Waals surface area contributed by atoms with Gasteiger partial charge < -0.3 is 0 Å². The summed E-state index contributed by atoms with van der Waals surface area (Å²) in [5, 5.41) is 7.22. The number of aromatic amines is 1. The maximum atomic E-state index is 12.0. The molecule has 3 nitrogen and oxygen atoms in total. The minimum absolute atomic E-state index is 0.0212. The fourth-order valence-corrected chi connectivity index (χ4v) is 2.16. The van der Waals surface area contributed by atoms with Gasteiger partial charge >= 0.3 is 0 Å². The number of H-pyrrole nitrogens is 1. The summed E-state index contributed by atoms with van der Waals surface area (Å²) in [6.07, 6.45) is 3.31. The minimum Gasteiger partial charge on any atom is -0.289 e. The van der Waals surface area contributed by atoms with Gasteiger partial charge in [0.15, 0.2) is 5.78 Å². The summed E-state index contributed by atoms with van der Waals surface area (Å²) in [4.78, 5) is 12.0. The number of hydrogen-bond donors (Lipinski definition) is 1. The number of allylic oxidation sites excluding steroid dienone is 1. The average molecular weight is 288 g/mol. The van der Waals surface area contributed by atoms with Crippen LogP contribution in [0.1, 0.15) is 21.6 Å². The summed E-state index contributed by atoms with van der Waals surface area (Å²) in [6.45, 7) is 2.05. The standard InChI is InChI=1S/C19H16N2O/c1-14-7-9-15(10-8-14)18-13-17(20-21-18)11-12-19(22)16-5-3-2-4-6-16/h2-13H,1H3,(H,20,21)/b12-11+. The molecule has 0 radical (unpaired) electrons. The Morgan fingerprint density at radius 3 is 2.50 bits per heavy atom. The largest absolute Gasteiger partial charge is 0.289 e. The zero-order valence-electron chi connectivity index (χ0n) is 12.3. The normalized spacial score (nSPS) is 11.0. The van der Waals surface area contributed by atoms with Crippen LogP contribution in [0.5, 0.6) is 0 Å². The van der Waals surface area contributed by atoms with E-state index in [4.69, 9.17) is 0 Å². The average Bonchev–Trinajstić information content (AvgIpc) is 3.03. The van der Waals surface area contributed by atoms with Crippen LogP contribution in [0.15, 0.2) is 66.7 Å². The zero-order valence-corrected chi connectivity index (χ0v) is 12.3. The van der Waals surface area contributed by atoms with E-state index in [0.717, 1.165) is 17.0 Å². The lowest BCUT2D eigenvalue weighted by Crippen LogP contribution is -1.92. The Morgan fingerprint density at radius 1 is 1.05 bits per heavy atom. The smallest absolute Gasteiger partial charge is 0.185 e. The van der Waals surface area contributed by atoms with Crippen molar-refractivity contribution in [2.75, 3.05) is 0 Å². The Morgan fingerprint density at radius 2 is 1.77 bits per heavy atom. The van der Waals surface area contributed by atoms with E-state index >= 15 is 0 Å². The van der Waals surface area contributed by atoms with Crippen molar-refractivity contribution in [1.82, 2.24) is 10.2 Å². The van der Waals surface area contributed by atoms with Crippen LogP contribution in [0.25, 0.3) is 17.3 Å². The van der Waals surface area contributed by atoms with Gasteiger partial charge in [-0.1, -0.05) is 60.2 Å². The second-order valence-corrected chi connectivity index (χ2v) is 5.14. The number of nitrogens with zero attached hydrogens (tertiary/aromatic N) is 1. The molecule has 0 aliphatic heterocycles. The first kappa shape index (κ1) is 14.0. The second kappa shape index (κ2) is 6.22. The molecule has 1 aromatic heterocycles. The predicted molar refractivity (Wildman–Crippen MR) is 88.6 cm³/mol. The first-order valence-electron chi connectivity index (χ1n) is 7.12. The molecule has 1 heterocycles. The SMILES string of the molecule is Cc1ccc(-c2cc(/C=C/C(=O)c3ccccc3)[nH]n2)cc1. The van der Waals surface area contributed by atoms with Crippen LogP contribution in [0.3, 0.4) is 0 Å². The topological polar surface area (TPSA) is 45.8 Å². The molecular weight excluding hydrogens is 272 g/mol. The zero-order chi connectivity index (χ0) is 15.4. The van der Waals surface area contributed by atoms with Crippen LogP contribution in [0, 0.1) is 6.92 Å². The van der Waals surface area contributed by atoms with Crippen molar-refractivity contribution in [3.8, 4) is 11.3 Å². The van der Waals surface area contributed by atoms with Gasteiger partial charge in [-0.2, -0.15) is 5.10 Å². The second-order valence-electron chi connectivity index (χ2n) is 5.14. The fourth-order valence-electron chi connectivity index (χ4n) is 2.16. The maximum Gasteiger partial charge on any atom is 0.185 e. The van der Waals surface area contributed by atoms with E-state index in [1.165, 1.54) is 5.56 Å². The molecule has 0 unspecified atom stereocenters. The van der Waals surface area contributed by atoms with Gasteiger partial charge in [0, 0.05) is 11.1 Å². The third kappa shape index (κ3) is 3.20. The summed E-state index contributed by atoms with van der Waals surface area (Å²) in [7, 11) is 0. The van der Waals surface area contributed by atoms with Crippen molar-refractivity contribution < 1.29 is 4.79 Å². The van der Waals surface area contributed by atoms with Crippen LogP contribution >= 0.6 is 0 Å². The van der Waals surface area contributed by atoms with Crippen molar-refractivity contribution in [2.24, 2.45) is 0 Å². The molecule has 0 saturated heterocycles. The number of aromatic nitrogens is 2. The molecule has 2 aromatic carbocycles. The van der Waals surface area contributed by atoms with Crippen LogP contribution < -0.4 is 0 Å². The van der Waals surface area contributed by atoms with Crippen LogP contribution in [-0.4, -0.2) is 16.0 Å². The van der Waals surface area contributed by atoms with Gasteiger partial charge in [0.05, 0.1) is 11.4 Å². The lowest BCUT2D eigenvalue weighted by atomic mass is 10.1. The van der Waals surface area contributed by atoms with Crippen LogP contribution in [-0.2, 0) is 0 Å². The van der Waals surface area contributed by atoms with E-state index in [9.17, 15) is 4.79 Å². The van der Waals surface area contributed by atoms with Gasteiger partial charge in [-0.05, 0) is 25.1 Å². The van der Waals surface area contributed by atoms with E-state index in [-0.39, 0.29) is 5.78 Å². The van der Waals surface area contributed by atoms with Crippen molar-refractivity contribution in [3.63, 3.8) is 0 Å². The van der Waals surface area contributed by atoms with E-state index in [0.29, 0.717) is 5.56 Å². The molecule has 0 atom stereocenters. The van der Waals surface area contributed by atoms with Gasteiger partial charge in [-0.3, -0.25) is 9.89 Å². The molecular formula is C19H16N2O. The summed E-state index contributed by atoms with van der Waals surface area (Å²) < 4.78 is 0. The molecule has 0 spiro atoms. The van der Waals surface area contributed by atoms with Gasteiger partial charge in [0.25, 0.3) is 0 Å². The molecule has 0 bridgehead atoms. The van der Waals surface area contributed by atoms with Gasteiger partial charge in [0.2, 0.25) is 0 Å². The molecule has 0 amide bonds. The number of carbonyl (C=O) groups excluding carboxylic acids is 1. The van der Waals surface area contributed by atoms with Crippen molar-refractivity contribution in [3.05, 3.63) is 83.6 Å². The van der Waals surface area contributed by atoms with Crippen molar-refractivity contribution >= 4 is 11.9 Å². The number of rotatable bonds is 4. The number of aryl methyl sites for hydroxylation is 1. The van der Waals surface area contributed by atoms with E-state index < -0.39 is 0 Å². The monoisotopic (exact) mass is 288 g/mol. The molecule has 1 N–H and O–H groups in total. The van der Waals surface area contributed by atoms with Crippen LogP contribution in [0.4, 0.5) is 0 Å². The highest BCUT2D eigenvalue weighted by molar-refractivity contribution is 6.06. The van der Waals surface area contributed by atoms with Gasteiger partial charge in [0.1, 0.15) is 0 Å². The van der Waals surface area contributed by atoms with Gasteiger partial charge in [-0.25, -0.2) is 0 Å². The molecule has 3 heteroatoms. The molecule has 3 aromatic rings. The Kier molecular flexibility index (Phi) is 3.97. The summed E-state index contributed by atoms with van der Waals surface area (Å²) in [5.41, 5.74) is 4.62. The summed E-state index contributed by atoms with van der Waals surface area (Å²) in [6, 6.07) is 19.3. The third-order valence-corrected chi connectivity index (χ3v) is 3.42. The number of ketones is 1. The van der Waals surface area contributed by atoms with E-state index in [1.807, 2.05) is 36.4 Å². The highest BCUT2D eigenvalue weighted by atomic mass is 16.1. The van der Waals surface area contributed by atoms with Crippen molar-refractivity contribution in [1.29, 1.82) is 0 Å². The Bertz CT molecular complexity index is 799. The molecule has 108 valence electrons. The quantitative estimate of drug-likeness (QED) is 0.575. The minimum atomic E-state index is -0.0212.